The van der Waals surface area contributed by atoms with Crippen molar-refractivity contribution in [3.8, 4) is 17.1 Å². The molecule has 4 aromatic rings. The number of fused-ring (bicyclic) bond motifs is 1. The highest BCUT2D eigenvalue weighted by atomic mass is 15.0. The fourth-order valence-electron chi connectivity index (χ4n) is 3.72. The molecule has 0 aliphatic heterocycles. The molecular weight excluding hydrogens is 292 g/mol. The van der Waals surface area contributed by atoms with Crippen molar-refractivity contribution >= 4 is 5.52 Å². The lowest BCUT2D eigenvalue weighted by molar-refractivity contribution is 1.02. The molecule has 0 bridgehead atoms. The van der Waals surface area contributed by atoms with E-state index in [4.69, 9.17) is 0 Å². The number of para-hydroxylation sites is 1. The molecule has 0 fully saturated rings. The Hall–Kier alpha value is -2.74. The van der Waals surface area contributed by atoms with Gasteiger partial charge in [0.05, 0.1) is 17.1 Å². The Morgan fingerprint density at radius 2 is 1.29 bits per heavy atom. The topological polar surface area (TPSA) is 9.34 Å². The zero-order valence-electron chi connectivity index (χ0n) is 14.7. The van der Waals surface area contributed by atoms with E-state index in [1.807, 2.05) is 0 Å². The van der Waals surface area contributed by atoms with E-state index in [1.54, 1.807) is 0 Å². The summed E-state index contributed by atoms with van der Waals surface area (Å²) in [5.74, 6) is 0. The van der Waals surface area contributed by atoms with Crippen molar-refractivity contribution < 1.29 is 0 Å². The Morgan fingerprint density at radius 3 is 2.04 bits per heavy atom. The quantitative estimate of drug-likeness (QED) is 0.453. The van der Waals surface area contributed by atoms with Gasteiger partial charge in [0.2, 0.25) is 0 Å². The molecule has 2 heteroatoms. The van der Waals surface area contributed by atoms with E-state index in [1.165, 1.54) is 44.8 Å². The molecule has 120 valence electrons. The molecule has 1 aromatic carbocycles. The minimum atomic E-state index is 1.23. The van der Waals surface area contributed by atoms with Gasteiger partial charge in [0, 0.05) is 17.9 Å². The maximum atomic E-state index is 2.35. The monoisotopic (exact) mass is 314 g/mol. The van der Waals surface area contributed by atoms with E-state index >= 15 is 0 Å². The maximum Gasteiger partial charge on any atom is 0.0729 e. The van der Waals surface area contributed by atoms with Crippen LogP contribution >= 0.6 is 0 Å². The van der Waals surface area contributed by atoms with Crippen molar-refractivity contribution in [1.82, 2.24) is 8.97 Å². The molecule has 0 unspecified atom stereocenters. The Labute approximate surface area is 143 Å². The van der Waals surface area contributed by atoms with E-state index in [2.05, 4.69) is 97.6 Å². The first-order valence-corrected chi connectivity index (χ1v) is 8.39. The van der Waals surface area contributed by atoms with Crippen molar-refractivity contribution in [2.24, 2.45) is 0 Å². The second-order valence-electron chi connectivity index (χ2n) is 6.63. The van der Waals surface area contributed by atoms with Gasteiger partial charge in [0.15, 0.2) is 0 Å². The van der Waals surface area contributed by atoms with E-state index in [0.29, 0.717) is 0 Å². The van der Waals surface area contributed by atoms with Crippen LogP contribution in [0.2, 0.25) is 0 Å². The summed E-state index contributed by atoms with van der Waals surface area (Å²) in [5, 5.41) is 0. The number of pyridine rings is 1. The first-order valence-electron chi connectivity index (χ1n) is 8.39. The van der Waals surface area contributed by atoms with Crippen LogP contribution in [0.3, 0.4) is 0 Å². The van der Waals surface area contributed by atoms with Crippen LogP contribution in [-0.4, -0.2) is 8.97 Å². The summed E-state index contributed by atoms with van der Waals surface area (Å²) < 4.78 is 4.64. The van der Waals surface area contributed by atoms with Crippen LogP contribution in [-0.2, 0) is 0 Å². The first-order chi connectivity index (χ1) is 11.6. The summed E-state index contributed by atoms with van der Waals surface area (Å²) in [6, 6.07) is 17.4. The number of benzene rings is 1. The van der Waals surface area contributed by atoms with Crippen LogP contribution in [0, 0.1) is 27.7 Å². The summed E-state index contributed by atoms with van der Waals surface area (Å²) in [5.41, 5.74) is 10.2. The molecule has 0 radical (unpaired) electrons. The highest BCUT2D eigenvalue weighted by Gasteiger charge is 2.17. The van der Waals surface area contributed by atoms with Gasteiger partial charge in [0.1, 0.15) is 0 Å². The molecule has 3 aromatic heterocycles. The van der Waals surface area contributed by atoms with E-state index in [9.17, 15) is 0 Å². The van der Waals surface area contributed by atoms with Crippen molar-refractivity contribution in [3.05, 3.63) is 83.2 Å². The average Bonchev–Trinajstić information content (AvgIpc) is 3.15. The van der Waals surface area contributed by atoms with Crippen LogP contribution < -0.4 is 0 Å². The summed E-state index contributed by atoms with van der Waals surface area (Å²) >= 11 is 0. The number of hydrogen-bond acceptors (Lipinski definition) is 0. The third-order valence-corrected chi connectivity index (χ3v) is 4.89. The van der Waals surface area contributed by atoms with Gasteiger partial charge >= 0.3 is 0 Å². The van der Waals surface area contributed by atoms with E-state index < -0.39 is 0 Å². The Morgan fingerprint density at radius 1 is 0.583 bits per heavy atom. The van der Waals surface area contributed by atoms with Crippen molar-refractivity contribution in [2.45, 2.75) is 27.7 Å². The van der Waals surface area contributed by atoms with Crippen LogP contribution in [0.5, 0.6) is 0 Å². The summed E-state index contributed by atoms with van der Waals surface area (Å²) in [7, 11) is 0. The highest BCUT2D eigenvalue weighted by molar-refractivity contribution is 5.72. The molecule has 2 nitrogen and oxygen atoms in total. The molecule has 0 saturated heterocycles. The normalized spacial score (nSPS) is 11.3. The lowest BCUT2D eigenvalue weighted by Crippen LogP contribution is -2.05. The molecule has 4 rings (SSSR count). The molecule has 0 aliphatic carbocycles. The zero-order chi connectivity index (χ0) is 16.8. The van der Waals surface area contributed by atoms with Gasteiger partial charge in [0.25, 0.3) is 0 Å². The number of hydrogen-bond donors (Lipinski definition) is 0. The average molecular weight is 314 g/mol. The summed E-state index contributed by atoms with van der Waals surface area (Å²) in [6.07, 6.45) is 4.35. The van der Waals surface area contributed by atoms with Gasteiger partial charge in [-0.05, 0) is 74.2 Å². The molecule has 0 saturated carbocycles. The Kier molecular flexibility index (Phi) is 3.34. The largest absolute Gasteiger partial charge is 0.315 e. The predicted molar refractivity (Wildman–Crippen MR) is 101 cm³/mol. The fraction of sp³-hybridized carbons (Fsp3) is 0.182. The van der Waals surface area contributed by atoms with Gasteiger partial charge in [-0.3, -0.25) is 0 Å². The molecule has 0 N–H and O–H groups in total. The SMILES string of the molecule is Cc1cccc(C)c1-n1ccc(C)c1-c1c(C)ccc2cccn12. The Balaban J connectivity index is 2.09. The van der Waals surface area contributed by atoms with Gasteiger partial charge in [-0.25, -0.2) is 0 Å². The molecular formula is C22H22N2. The summed E-state index contributed by atoms with van der Waals surface area (Å²) in [4.78, 5) is 0. The van der Waals surface area contributed by atoms with Crippen LogP contribution in [0.1, 0.15) is 22.3 Å². The third kappa shape index (κ3) is 2.10. The maximum absolute atomic E-state index is 2.35. The fourth-order valence-corrected chi connectivity index (χ4v) is 3.72. The second kappa shape index (κ2) is 5.41. The van der Waals surface area contributed by atoms with Gasteiger partial charge in [-0.1, -0.05) is 24.3 Å². The highest BCUT2D eigenvalue weighted by Crippen LogP contribution is 2.33. The van der Waals surface area contributed by atoms with Crippen LogP contribution in [0.15, 0.2) is 60.9 Å². The minimum Gasteiger partial charge on any atom is -0.315 e. The smallest absolute Gasteiger partial charge is 0.0729 e. The number of aromatic nitrogens is 2. The minimum absolute atomic E-state index is 1.23. The molecule has 0 atom stereocenters. The molecule has 0 aliphatic rings. The van der Waals surface area contributed by atoms with Gasteiger partial charge in [-0.2, -0.15) is 0 Å². The van der Waals surface area contributed by atoms with Crippen molar-refractivity contribution in [2.75, 3.05) is 0 Å². The molecule has 24 heavy (non-hydrogen) atoms. The number of rotatable bonds is 2. The molecule has 3 heterocycles. The van der Waals surface area contributed by atoms with Crippen molar-refractivity contribution in [3.63, 3.8) is 0 Å². The first kappa shape index (κ1) is 14.8. The number of nitrogens with zero attached hydrogens (tertiary/aromatic N) is 2. The Bertz CT molecular complexity index is 1030. The lowest BCUT2D eigenvalue weighted by Gasteiger charge is -2.18. The molecule has 0 spiro atoms. The zero-order valence-corrected chi connectivity index (χ0v) is 14.7. The number of aryl methyl sites for hydroxylation is 4. The molecule has 0 amide bonds. The third-order valence-electron chi connectivity index (χ3n) is 4.89. The lowest BCUT2D eigenvalue weighted by atomic mass is 10.1. The van der Waals surface area contributed by atoms with Crippen LogP contribution in [0.4, 0.5) is 0 Å². The second-order valence-corrected chi connectivity index (χ2v) is 6.63. The van der Waals surface area contributed by atoms with E-state index in [-0.39, 0.29) is 0 Å². The van der Waals surface area contributed by atoms with Crippen LogP contribution in [0.25, 0.3) is 22.6 Å². The summed E-state index contributed by atoms with van der Waals surface area (Å²) in [6.45, 7) is 8.76. The van der Waals surface area contributed by atoms with Gasteiger partial charge < -0.3 is 8.97 Å². The van der Waals surface area contributed by atoms with Crippen molar-refractivity contribution in [1.29, 1.82) is 0 Å². The van der Waals surface area contributed by atoms with E-state index in [0.717, 1.165) is 0 Å². The predicted octanol–water partition coefficient (Wildman–Crippen LogP) is 5.63. The standard InChI is InChI=1S/C22H22N2/c1-15-7-5-8-16(2)20(15)24-14-12-18(4)22(24)21-17(3)10-11-19-9-6-13-23(19)21/h5-14H,1-4H3. The van der Waals surface area contributed by atoms with Gasteiger partial charge in [-0.15, -0.1) is 0 Å².